The lowest BCUT2D eigenvalue weighted by atomic mass is 10.0. The van der Waals surface area contributed by atoms with Crippen molar-refractivity contribution in [3.63, 3.8) is 0 Å². The standard InChI is InChI=1S/C24H28N6O/c1-17-20(24(31)30(28(17)2)19-8-4-3-5-9-19)16-29-13-11-21-18(15-29)14-26-23(27-21)22-10-6-7-12-25-22/h3-5,8-9,14H,6-7,10-13,15-16H2,1-2H3. The van der Waals surface area contributed by atoms with Gasteiger partial charge in [0.1, 0.15) is 0 Å². The second-order valence-electron chi connectivity index (χ2n) is 8.45. The first kappa shape index (κ1) is 19.9. The molecule has 0 aliphatic carbocycles. The second-order valence-corrected chi connectivity index (χ2v) is 8.45. The maximum Gasteiger partial charge on any atom is 0.276 e. The van der Waals surface area contributed by atoms with E-state index in [9.17, 15) is 4.79 Å². The normalized spacial score (nSPS) is 16.8. The number of para-hydroxylation sites is 1. The van der Waals surface area contributed by atoms with E-state index in [2.05, 4.69) is 14.9 Å². The van der Waals surface area contributed by atoms with E-state index >= 15 is 0 Å². The molecule has 4 heterocycles. The first-order chi connectivity index (χ1) is 15.1. The molecule has 0 fully saturated rings. The van der Waals surface area contributed by atoms with Crippen LogP contribution < -0.4 is 5.56 Å². The Bertz CT molecular complexity index is 1190. The molecule has 1 aromatic carbocycles. The van der Waals surface area contributed by atoms with Crippen LogP contribution in [-0.2, 0) is 26.6 Å². The fraction of sp³-hybridized carbons (Fsp3) is 0.417. The van der Waals surface area contributed by atoms with E-state index in [1.54, 1.807) is 4.68 Å². The van der Waals surface area contributed by atoms with Crippen LogP contribution in [0.25, 0.3) is 5.69 Å². The monoisotopic (exact) mass is 416 g/mol. The Balaban J connectivity index is 1.37. The minimum absolute atomic E-state index is 0.0545. The molecule has 31 heavy (non-hydrogen) atoms. The van der Waals surface area contributed by atoms with Gasteiger partial charge < -0.3 is 0 Å². The lowest BCUT2D eigenvalue weighted by Gasteiger charge is -2.27. The number of hydrogen-bond donors (Lipinski definition) is 0. The van der Waals surface area contributed by atoms with Gasteiger partial charge in [0.05, 0.1) is 22.7 Å². The molecule has 0 atom stereocenters. The van der Waals surface area contributed by atoms with Crippen LogP contribution in [-0.4, -0.2) is 43.0 Å². The van der Waals surface area contributed by atoms with Crippen molar-refractivity contribution in [2.75, 3.05) is 13.1 Å². The number of hydrogen-bond acceptors (Lipinski definition) is 5. The quantitative estimate of drug-likeness (QED) is 0.656. The number of aromatic nitrogens is 4. The molecule has 0 saturated carbocycles. The number of benzene rings is 1. The summed E-state index contributed by atoms with van der Waals surface area (Å²) in [6.07, 6.45) is 6.14. The molecular formula is C24H28N6O. The van der Waals surface area contributed by atoms with Crippen molar-refractivity contribution in [1.29, 1.82) is 0 Å². The molecule has 0 unspecified atom stereocenters. The van der Waals surface area contributed by atoms with Gasteiger partial charge in [-0.3, -0.25) is 19.4 Å². The van der Waals surface area contributed by atoms with Crippen LogP contribution in [0, 0.1) is 6.92 Å². The van der Waals surface area contributed by atoms with Crippen LogP contribution in [0.1, 0.15) is 47.6 Å². The van der Waals surface area contributed by atoms with Crippen LogP contribution in [0.15, 0.2) is 46.3 Å². The van der Waals surface area contributed by atoms with E-state index in [0.717, 1.165) is 78.6 Å². The van der Waals surface area contributed by atoms with Gasteiger partial charge in [-0.2, -0.15) is 0 Å². The van der Waals surface area contributed by atoms with Crippen molar-refractivity contribution >= 4 is 5.71 Å². The average Bonchev–Trinajstić information content (AvgIpc) is 3.03. The van der Waals surface area contributed by atoms with Crippen molar-refractivity contribution in [1.82, 2.24) is 24.2 Å². The predicted molar refractivity (Wildman–Crippen MR) is 121 cm³/mol. The molecule has 3 aromatic rings. The van der Waals surface area contributed by atoms with E-state index in [4.69, 9.17) is 4.98 Å². The minimum Gasteiger partial charge on any atom is -0.294 e. The van der Waals surface area contributed by atoms with E-state index in [0.29, 0.717) is 6.54 Å². The first-order valence-electron chi connectivity index (χ1n) is 11.1. The highest BCUT2D eigenvalue weighted by Crippen LogP contribution is 2.21. The van der Waals surface area contributed by atoms with Gasteiger partial charge in [-0.25, -0.2) is 14.6 Å². The molecule has 0 radical (unpaired) electrons. The van der Waals surface area contributed by atoms with Crippen molar-refractivity contribution in [2.24, 2.45) is 12.0 Å². The van der Waals surface area contributed by atoms with Crippen LogP contribution in [0.5, 0.6) is 0 Å². The summed E-state index contributed by atoms with van der Waals surface area (Å²) in [5.41, 5.74) is 6.13. The molecular weight excluding hydrogens is 388 g/mol. The lowest BCUT2D eigenvalue weighted by Crippen LogP contribution is -2.33. The molecule has 0 N–H and O–H groups in total. The Morgan fingerprint density at radius 2 is 1.94 bits per heavy atom. The molecule has 2 aliphatic heterocycles. The third-order valence-electron chi connectivity index (χ3n) is 6.45. The zero-order valence-corrected chi connectivity index (χ0v) is 18.2. The van der Waals surface area contributed by atoms with Crippen molar-refractivity contribution in [3.05, 3.63) is 75.2 Å². The molecule has 5 rings (SSSR count). The van der Waals surface area contributed by atoms with Gasteiger partial charge in [-0.15, -0.1) is 0 Å². The van der Waals surface area contributed by atoms with Gasteiger partial charge in [0.2, 0.25) is 0 Å². The Morgan fingerprint density at radius 3 is 2.71 bits per heavy atom. The highest BCUT2D eigenvalue weighted by atomic mass is 16.1. The summed E-state index contributed by atoms with van der Waals surface area (Å²) in [5.74, 6) is 0.802. The average molecular weight is 417 g/mol. The van der Waals surface area contributed by atoms with Gasteiger partial charge in [-0.05, 0) is 38.3 Å². The maximum atomic E-state index is 13.2. The van der Waals surface area contributed by atoms with Crippen LogP contribution in [0.2, 0.25) is 0 Å². The zero-order chi connectivity index (χ0) is 21.4. The summed E-state index contributed by atoms with van der Waals surface area (Å²) < 4.78 is 3.70. The van der Waals surface area contributed by atoms with Crippen LogP contribution >= 0.6 is 0 Å². The summed E-state index contributed by atoms with van der Waals surface area (Å²) in [5, 5.41) is 0. The van der Waals surface area contributed by atoms with Gasteiger partial charge >= 0.3 is 0 Å². The zero-order valence-electron chi connectivity index (χ0n) is 18.2. The molecule has 2 aromatic heterocycles. The van der Waals surface area contributed by atoms with Crippen molar-refractivity contribution < 1.29 is 0 Å². The summed E-state index contributed by atoms with van der Waals surface area (Å²) in [6.45, 7) is 5.19. The molecule has 7 nitrogen and oxygen atoms in total. The lowest BCUT2D eigenvalue weighted by molar-refractivity contribution is 0.241. The van der Waals surface area contributed by atoms with E-state index < -0.39 is 0 Å². The fourth-order valence-electron chi connectivity index (χ4n) is 4.56. The molecule has 0 spiro atoms. The summed E-state index contributed by atoms with van der Waals surface area (Å²) in [6, 6.07) is 9.81. The topological polar surface area (TPSA) is 68.3 Å². The van der Waals surface area contributed by atoms with E-state index in [1.165, 1.54) is 6.42 Å². The van der Waals surface area contributed by atoms with Crippen molar-refractivity contribution in [2.45, 2.75) is 45.7 Å². The Hall–Kier alpha value is -3.06. The SMILES string of the molecule is Cc1c(CN2CCc3nc(C4=NCCCC4)ncc3C2)c(=O)n(-c2ccccc2)n1C. The number of fused-ring (bicyclic) bond motifs is 1. The molecule has 2 aliphatic rings. The van der Waals surface area contributed by atoms with Crippen LogP contribution in [0.4, 0.5) is 0 Å². The molecule has 0 bridgehead atoms. The third-order valence-corrected chi connectivity index (χ3v) is 6.45. The first-order valence-corrected chi connectivity index (χ1v) is 11.1. The maximum absolute atomic E-state index is 13.2. The smallest absolute Gasteiger partial charge is 0.276 e. The summed E-state index contributed by atoms with van der Waals surface area (Å²) in [4.78, 5) is 29.6. The highest BCUT2D eigenvalue weighted by Gasteiger charge is 2.23. The third kappa shape index (κ3) is 3.74. The largest absolute Gasteiger partial charge is 0.294 e. The predicted octanol–water partition coefficient (Wildman–Crippen LogP) is 2.81. The Kier molecular flexibility index (Phi) is 5.28. The summed E-state index contributed by atoms with van der Waals surface area (Å²) >= 11 is 0. The fourth-order valence-corrected chi connectivity index (χ4v) is 4.56. The van der Waals surface area contributed by atoms with Crippen molar-refractivity contribution in [3.8, 4) is 5.69 Å². The molecule has 7 heteroatoms. The molecule has 160 valence electrons. The van der Waals surface area contributed by atoms with E-state index in [1.807, 2.05) is 55.2 Å². The number of nitrogens with zero attached hydrogens (tertiary/aromatic N) is 6. The molecule has 0 saturated heterocycles. The Labute approximate surface area is 182 Å². The van der Waals surface area contributed by atoms with Gasteiger partial charge in [0.15, 0.2) is 5.82 Å². The van der Waals surface area contributed by atoms with Gasteiger partial charge in [-0.1, -0.05) is 18.2 Å². The number of aliphatic imine (C=N–C) groups is 1. The van der Waals surface area contributed by atoms with Gasteiger partial charge in [0, 0.05) is 57.1 Å². The minimum atomic E-state index is 0.0545. The highest BCUT2D eigenvalue weighted by molar-refractivity contribution is 5.97. The number of rotatable bonds is 4. The second kappa shape index (κ2) is 8.23. The van der Waals surface area contributed by atoms with Crippen LogP contribution in [0.3, 0.4) is 0 Å². The van der Waals surface area contributed by atoms with Gasteiger partial charge in [0.25, 0.3) is 5.56 Å². The molecule has 0 amide bonds. The van der Waals surface area contributed by atoms with E-state index in [-0.39, 0.29) is 5.56 Å². The Morgan fingerprint density at radius 1 is 1.10 bits per heavy atom. The summed E-state index contributed by atoms with van der Waals surface area (Å²) in [7, 11) is 1.95.